The van der Waals surface area contributed by atoms with Gasteiger partial charge in [-0.3, -0.25) is 0 Å². The number of nitrogens with two attached hydrogens (primary N) is 1. The van der Waals surface area contributed by atoms with Gasteiger partial charge in [-0.05, 0) is 18.6 Å². The molecule has 0 unspecified atom stereocenters. The van der Waals surface area contributed by atoms with E-state index in [2.05, 4.69) is 0 Å². The summed E-state index contributed by atoms with van der Waals surface area (Å²) < 4.78 is 24.6. The summed E-state index contributed by atoms with van der Waals surface area (Å²) in [5, 5.41) is 0.451. The molecule has 0 bridgehead atoms. The lowest BCUT2D eigenvalue weighted by molar-refractivity contribution is 0.300. The standard InChI is InChI=1S/C15H15ClFNO2/c1-2-7-19-14-9-15(12(18)8-11(14)17)20-13-6-4-3-5-10(13)16/h3-6,8-9H,2,7,18H2,1H3. The molecule has 2 aromatic carbocycles. The summed E-state index contributed by atoms with van der Waals surface area (Å²) in [4.78, 5) is 0. The van der Waals surface area contributed by atoms with Crippen molar-refractivity contribution in [1.29, 1.82) is 0 Å². The quantitative estimate of drug-likeness (QED) is 0.817. The molecule has 0 atom stereocenters. The van der Waals surface area contributed by atoms with Gasteiger partial charge in [-0.2, -0.15) is 0 Å². The first-order valence-corrected chi connectivity index (χ1v) is 6.63. The summed E-state index contributed by atoms with van der Waals surface area (Å²) in [5.74, 6) is 0.366. The van der Waals surface area contributed by atoms with E-state index in [1.165, 1.54) is 12.1 Å². The third kappa shape index (κ3) is 3.33. The van der Waals surface area contributed by atoms with Crippen LogP contribution in [-0.2, 0) is 0 Å². The van der Waals surface area contributed by atoms with Gasteiger partial charge in [0, 0.05) is 12.1 Å². The van der Waals surface area contributed by atoms with E-state index in [4.69, 9.17) is 26.8 Å². The van der Waals surface area contributed by atoms with Gasteiger partial charge in [-0.25, -0.2) is 4.39 Å². The second-order valence-electron chi connectivity index (χ2n) is 4.20. The van der Waals surface area contributed by atoms with Crippen molar-refractivity contribution in [1.82, 2.24) is 0 Å². The Bertz CT molecular complexity index is 604. The zero-order chi connectivity index (χ0) is 14.5. The van der Waals surface area contributed by atoms with Gasteiger partial charge in [-0.15, -0.1) is 0 Å². The fourth-order valence-electron chi connectivity index (χ4n) is 1.61. The summed E-state index contributed by atoms with van der Waals surface area (Å²) in [6.45, 7) is 2.36. The maximum atomic E-state index is 13.7. The molecule has 2 rings (SSSR count). The van der Waals surface area contributed by atoms with Crippen molar-refractivity contribution in [3.8, 4) is 17.2 Å². The zero-order valence-corrected chi connectivity index (χ0v) is 11.8. The molecule has 0 aliphatic heterocycles. The highest BCUT2D eigenvalue weighted by atomic mass is 35.5. The summed E-state index contributed by atoms with van der Waals surface area (Å²) in [7, 11) is 0. The van der Waals surface area contributed by atoms with Crippen LogP contribution in [-0.4, -0.2) is 6.61 Å². The average molecular weight is 296 g/mol. The van der Waals surface area contributed by atoms with Crippen molar-refractivity contribution in [2.45, 2.75) is 13.3 Å². The first-order chi connectivity index (χ1) is 9.61. The van der Waals surface area contributed by atoms with Gasteiger partial charge in [0.15, 0.2) is 17.3 Å². The fourth-order valence-corrected chi connectivity index (χ4v) is 1.78. The highest BCUT2D eigenvalue weighted by Crippen LogP contribution is 2.36. The van der Waals surface area contributed by atoms with Gasteiger partial charge in [0.25, 0.3) is 0 Å². The van der Waals surface area contributed by atoms with Gasteiger partial charge < -0.3 is 15.2 Å². The number of anilines is 1. The van der Waals surface area contributed by atoms with Crippen LogP contribution in [0.2, 0.25) is 5.02 Å². The van der Waals surface area contributed by atoms with E-state index >= 15 is 0 Å². The van der Waals surface area contributed by atoms with E-state index in [1.807, 2.05) is 6.92 Å². The van der Waals surface area contributed by atoms with Crippen LogP contribution in [0.3, 0.4) is 0 Å². The Morgan fingerprint density at radius 1 is 1.15 bits per heavy atom. The molecule has 5 heteroatoms. The van der Waals surface area contributed by atoms with Crippen molar-refractivity contribution >= 4 is 17.3 Å². The second kappa shape index (κ2) is 6.48. The minimum absolute atomic E-state index is 0.114. The molecule has 0 saturated heterocycles. The van der Waals surface area contributed by atoms with E-state index in [9.17, 15) is 4.39 Å². The van der Waals surface area contributed by atoms with Gasteiger partial charge >= 0.3 is 0 Å². The van der Waals surface area contributed by atoms with Crippen LogP contribution < -0.4 is 15.2 Å². The molecule has 0 amide bonds. The van der Waals surface area contributed by atoms with Crippen LogP contribution in [0, 0.1) is 5.82 Å². The molecule has 2 N–H and O–H groups in total. The Balaban J connectivity index is 2.29. The molecule has 2 aromatic rings. The lowest BCUT2D eigenvalue weighted by Gasteiger charge is -2.13. The molecule has 0 radical (unpaired) electrons. The van der Waals surface area contributed by atoms with Crippen LogP contribution in [0.5, 0.6) is 17.2 Å². The van der Waals surface area contributed by atoms with Gasteiger partial charge in [0.1, 0.15) is 5.75 Å². The largest absolute Gasteiger partial charge is 0.490 e. The molecule has 0 heterocycles. The summed E-state index contributed by atoms with van der Waals surface area (Å²) in [5.41, 5.74) is 5.94. The highest BCUT2D eigenvalue weighted by molar-refractivity contribution is 6.32. The van der Waals surface area contributed by atoms with Gasteiger partial charge in [0.05, 0.1) is 17.3 Å². The monoisotopic (exact) mass is 295 g/mol. The molecule has 20 heavy (non-hydrogen) atoms. The number of nitrogen functional groups attached to an aromatic ring is 1. The Hall–Kier alpha value is -1.94. The average Bonchev–Trinajstić information content (AvgIpc) is 2.43. The Morgan fingerprint density at radius 3 is 2.60 bits per heavy atom. The predicted octanol–water partition coefficient (Wildman–Crippen LogP) is 4.64. The van der Waals surface area contributed by atoms with Crippen LogP contribution in [0.1, 0.15) is 13.3 Å². The van der Waals surface area contributed by atoms with Crippen LogP contribution in [0.15, 0.2) is 36.4 Å². The molecular formula is C15H15ClFNO2. The van der Waals surface area contributed by atoms with Crippen LogP contribution in [0.4, 0.5) is 10.1 Å². The predicted molar refractivity (Wildman–Crippen MR) is 78.1 cm³/mol. The Kier molecular flexibility index (Phi) is 4.69. The smallest absolute Gasteiger partial charge is 0.167 e. The van der Waals surface area contributed by atoms with Crippen molar-refractivity contribution < 1.29 is 13.9 Å². The molecule has 0 aliphatic carbocycles. The minimum Gasteiger partial charge on any atom is -0.490 e. The third-order valence-electron chi connectivity index (χ3n) is 2.58. The maximum Gasteiger partial charge on any atom is 0.167 e. The van der Waals surface area contributed by atoms with Crippen molar-refractivity contribution in [3.63, 3.8) is 0 Å². The molecule has 3 nitrogen and oxygen atoms in total. The van der Waals surface area contributed by atoms with Crippen molar-refractivity contribution in [2.24, 2.45) is 0 Å². The minimum atomic E-state index is -0.512. The summed E-state index contributed by atoms with van der Waals surface area (Å²) in [6.07, 6.45) is 0.782. The van der Waals surface area contributed by atoms with Gasteiger partial charge in [-0.1, -0.05) is 30.7 Å². The topological polar surface area (TPSA) is 44.5 Å². The molecule has 0 aliphatic rings. The van der Waals surface area contributed by atoms with E-state index in [0.29, 0.717) is 23.1 Å². The normalized spacial score (nSPS) is 10.3. The zero-order valence-electron chi connectivity index (χ0n) is 11.0. The molecule has 0 spiro atoms. The number of halogens is 2. The first kappa shape index (κ1) is 14.5. The van der Waals surface area contributed by atoms with Gasteiger partial charge in [0.2, 0.25) is 0 Å². The maximum absolute atomic E-state index is 13.7. The second-order valence-corrected chi connectivity index (χ2v) is 4.61. The number of rotatable bonds is 5. The van der Waals surface area contributed by atoms with Crippen LogP contribution in [0.25, 0.3) is 0 Å². The Morgan fingerprint density at radius 2 is 1.90 bits per heavy atom. The lowest BCUT2D eigenvalue weighted by atomic mass is 10.2. The van der Waals surface area contributed by atoms with E-state index < -0.39 is 5.82 Å². The first-order valence-electron chi connectivity index (χ1n) is 6.26. The number of ether oxygens (including phenoxy) is 2. The van der Waals surface area contributed by atoms with Crippen molar-refractivity contribution in [2.75, 3.05) is 12.3 Å². The van der Waals surface area contributed by atoms with Crippen molar-refractivity contribution in [3.05, 3.63) is 47.2 Å². The molecule has 0 saturated carbocycles. The molecule has 0 aromatic heterocycles. The summed E-state index contributed by atoms with van der Waals surface area (Å²) >= 11 is 6.01. The molecule has 106 valence electrons. The summed E-state index contributed by atoms with van der Waals surface area (Å²) in [6, 6.07) is 9.60. The number of hydrogen-bond acceptors (Lipinski definition) is 3. The fraction of sp³-hybridized carbons (Fsp3) is 0.200. The number of para-hydroxylation sites is 1. The lowest BCUT2D eigenvalue weighted by Crippen LogP contribution is -2.00. The molecular weight excluding hydrogens is 281 g/mol. The Labute approximate surface area is 122 Å². The number of benzene rings is 2. The van der Waals surface area contributed by atoms with E-state index in [-0.39, 0.29) is 11.4 Å². The highest BCUT2D eigenvalue weighted by Gasteiger charge is 2.12. The number of hydrogen-bond donors (Lipinski definition) is 1. The van der Waals surface area contributed by atoms with Crippen LogP contribution >= 0.6 is 11.6 Å². The van der Waals surface area contributed by atoms with E-state index in [1.54, 1.807) is 24.3 Å². The SMILES string of the molecule is CCCOc1cc(Oc2ccccc2Cl)c(N)cc1F. The molecule has 0 fully saturated rings. The van der Waals surface area contributed by atoms with E-state index in [0.717, 1.165) is 6.42 Å². The third-order valence-corrected chi connectivity index (χ3v) is 2.89.